The molecular weight excluding hydrogens is 969 g/mol. The van der Waals surface area contributed by atoms with Crippen molar-refractivity contribution in [2.24, 2.45) is 11.8 Å². The summed E-state index contributed by atoms with van der Waals surface area (Å²) in [6.45, 7) is 25.3. The lowest BCUT2D eigenvalue weighted by molar-refractivity contribution is -0.145. The number of ketones is 2. The highest BCUT2D eigenvalue weighted by molar-refractivity contribution is 7.99. The van der Waals surface area contributed by atoms with Crippen molar-refractivity contribution in [3.05, 3.63) is 130 Å². The summed E-state index contributed by atoms with van der Waals surface area (Å²) in [5.74, 6) is -0.194. The molecular formula is C57H78N2O12S2. The fraction of sp³-hybridized carbons (Fsp3) is 0.439. The van der Waals surface area contributed by atoms with Crippen molar-refractivity contribution in [1.82, 2.24) is 9.80 Å². The Bertz CT molecular complexity index is 2250. The fourth-order valence-corrected chi connectivity index (χ4v) is 7.10. The Kier molecular flexibility index (Phi) is 35.1. The first-order valence-electron chi connectivity index (χ1n) is 25.2. The van der Waals surface area contributed by atoms with Gasteiger partial charge in [-0.1, -0.05) is 121 Å². The van der Waals surface area contributed by atoms with E-state index in [1.807, 2.05) is 69.2 Å². The number of amides is 4. The number of hydrogen-bond donors (Lipinski definition) is 1. The van der Waals surface area contributed by atoms with Gasteiger partial charge in [0.05, 0.1) is 22.3 Å². The first-order chi connectivity index (χ1) is 35.3. The molecule has 2 aliphatic rings. The molecule has 4 aromatic carbocycles. The number of hydrogen-bond acceptors (Lipinski definition) is 14. The third kappa shape index (κ3) is 21.4. The SMILES string of the molecule is CC.CC.CC.CC.CC(CS)C(=O)c1ccc(OCCOC(=O)CN2C(=O)c3ccccc3C2=O)cc1.CCC.CCSCC(C)C(=O)c1ccc(OCCOC(=O)CN2C(=O)c3ccccc3C2=O)cc1. The van der Waals surface area contributed by atoms with Gasteiger partial charge in [-0.25, -0.2) is 0 Å². The molecule has 0 aromatic heterocycles. The lowest BCUT2D eigenvalue weighted by Crippen LogP contribution is -2.36. The van der Waals surface area contributed by atoms with Crippen LogP contribution in [0.4, 0.5) is 0 Å². The number of fused-ring (bicyclic) bond motifs is 2. The molecule has 2 unspecified atom stereocenters. The monoisotopic (exact) mass is 1050 g/mol. The van der Waals surface area contributed by atoms with Crippen molar-refractivity contribution < 1.29 is 57.3 Å². The summed E-state index contributed by atoms with van der Waals surface area (Å²) in [6.07, 6.45) is 1.25. The Balaban J connectivity index is 0.00000119. The minimum absolute atomic E-state index is 0.0126. The number of thioether (sulfide) groups is 1. The highest BCUT2D eigenvalue weighted by atomic mass is 32.2. The second kappa shape index (κ2) is 38.4. The van der Waals surface area contributed by atoms with Crippen LogP contribution in [-0.2, 0) is 19.1 Å². The van der Waals surface area contributed by atoms with Gasteiger partial charge in [0.1, 0.15) is 51.0 Å². The van der Waals surface area contributed by atoms with Gasteiger partial charge >= 0.3 is 11.9 Å². The van der Waals surface area contributed by atoms with E-state index in [2.05, 4.69) is 33.4 Å². The van der Waals surface area contributed by atoms with Crippen LogP contribution in [-0.4, -0.2) is 114 Å². The van der Waals surface area contributed by atoms with Crippen molar-refractivity contribution in [2.45, 2.75) is 96.4 Å². The minimum Gasteiger partial charge on any atom is -0.490 e. The quantitative estimate of drug-likeness (QED) is 0.0291. The minimum atomic E-state index is -0.699. The van der Waals surface area contributed by atoms with E-state index < -0.39 is 48.7 Å². The molecule has 6 rings (SSSR count). The number of Topliss-reactive ketones (excluding diaryl/α,β-unsaturated/α-hetero) is 2. The van der Waals surface area contributed by atoms with Crippen molar-refractivity contribution in [2.75, 3.05) is 56.8 Å². The molecule has 14 nitrogen and oxygen atoms in total. The first-order valence-corrected chi connectivity index (χ1v) is 27.0. The molecule has 0 N–H and O–H groups in total. The van der Waals surface area contributed by atoms with Crippen LogP contribution in [0.25, 0.3) is 0 Å². The maximum atomic E-state index is 12.4. The Hall–Kier alpha value is -6.26. The van der Waals surface area contributed by atoms with Crippen molar-refractivity contribution in [1.29, 1.82) is 0 Å². The average molecular weight is 1050 g/mol. The molecule has 400 valence electrons. The average Bonchev–Trinajstić information content (AvgIpc) is 3.82. The van der Waals surface area contributed by atoms with Crippen molar-refractivity contribution in [3.8, 4) is 11.5 Å². The Morgan fingerprint density at radius 3 is 1.08 bits per heavy atom. The third-order valence-electron chi connectivity index (χ3n) is 9.58. The molecule has 2 atom stereocenters. The van der Waals surface area contributed by atoms with Crippen LogP contribution >= 0.6 is 24.4 Å². The molecule has 0 saturated heterocycles. The van der Waals surface area contributed by atoms with Crippen LogP contribution in [0.1, 0.15) is 159 Å². The van der Waals surface area contributed by atoms with Crippen LogP contribution in [0, 0.1) is 11.8 Å². The number of rotatable bonds is 20. The molecule has 0 radical (unpaired) electrons. The normalized spacial score (nSPS) is 12.2. The van der Waals surface area contributed by atoms with Crippen LogP contribution in [0.3, 0.4) is 0 Å². The Labute approximate surface area is 443 Å². The molecule has 2 aliphatic heterocycles. The van der Waals surface area contributed by atoms with E-state index in [0.29, 0.717) is 28.4 Å². The smallest absolute Gasteiger partial charge is 0.326 e. The highest BCUT2D eigenvalue weighted by Gasteiger charge is 2.37. The van der Waals surface area contributed by atoms with Gasteiger partial charge in [-0.15, -0.1) is 0 Å². The molecule has 0 aliphatic carbocycles. The number of carbonyl (C=O) groups excluding carboxylic acids is 8. The fourth-order valence-electron chi connectivity index (χ4n) is 6.20. The molecule has 2 heterocycles. The second-order valence-corrected chi connectivity index (χ2v) is 16.4. The third-order valence-corrected chi connectivity index (χ3v) is 11.3. The van der Waals surface area contributed by atoms with E-state index in [-0.39, 0.29) is 72.1 Å². The standard InChI is InChI=1S/C24H25NO6S.C22H21NO6S.C3H8.4C2H6/c1-3-32-15-16(2)22(27)17-8-10-18(11-9-17)30-12-13-31-21(26)14-25-23(28)19-6-4-5-7-20(19)24(25)29;1-14(13-30)20(25)15-6-8-16(9-7-15)28-10-11-29-19(24)12-23-21(26)17-4-2-3-5-18(17)22(23)27;1-3-2;4*1-2/h4-11,16H,3,12-15H2,1-2H3;2-9,14,30H,10-13H2,1H3;3H2,1-2H3;4*1-2H3. The van der Waals surface area contributed by atoms with Crippen LogP contribution in [0.5, 0.6) is 11.5 Å². The lowest BCUT2D eigenvalue weighted by Gasteiger charge is -2.13. The molecule has 4 aromatic rings. The second-order valence-electron chi connectivity index (χ2n) is 14.8. The molecule has 16 heteroatoms. The molecule has 0 fully saturated rings. The molecule has 4 amide bonds. The van der Waals surface area contributed by atoms with E-state index >= 15 is 0 Å². The van der Waals surface area contributed by atoms with Gasteiger partial charge in [0.15, 0.2) is 11.6 Å². The molecule has 0 bridgehead atoms. The van der Waals surface area contributed by atoms with E-state index in [4.69, 9.17) is 18.9 Å². The van der Waals surface area contributed by atoms with Gasteiger partial charge in [0, 0.05) is 34.5 Å². The Morgan fingerprint density at radius 1 is 0.493 bits per heavy atom. The van der Waals surface area contributed by atoms with E-state index in [1.54, 1.807) is 109 Å². The summed E-state index contributed by atoms with van der Waals surface area (Å²) in [5, 5.41) is 0. The zero-order chi connectivity index (χ0) is 55.5. The number of thiol groups is 1. The van der Waals surface area contributed by atoms with E-state index in [1.165, 1.54) is 6.42 Å². The molecule has 0 spiro atoms. The van der Waals surface area contributed by atoms with Crippen molar-refractivity contribution >= 4 is 71.5 Å². The summed E-state index contributed by atoms with van der Waals surface area (Å²) in [4.78, 5) is 99.3. The van der Waals surface area contributed by atoms with E-state index in [0.717, 1.165) is 21.3 Å². The summed E-state index contributed by atoms with van der Waals surface area (Å²) in [7, 11) is 0. The Morgan fingerprint density at radius 2 is 0.795 bits per heavy atom. The summed E-state index contributed by atoms with van der Waals surface area (Å²) >= 11 is 5.87. The predicted octanol–water partition coefficient (Wildman–Crippen LogP) is 11.7. The first kappa shape index (κ1) is 66.7. The maximum Gasteiger partial charge on any atom is 0.326 e. The van der Waals surface area contributed by atoms with Crippen LogP contribution in [0.2, 0.25) is 0 Å². The summed E-state index contributed by atoms with van der Waals surface area (Å²) in [5.41, 5.74) is 2.35. The van der Waals surface area contributed by atoms with Gasteiger partial charge in [0.25, 0.3) is 23.6 Å². The number of carbonyl (C=O) groups is 8. The topological polar surface area (TPSA) is 180 Å². The largest absolute Gasteiger partial charge is 0.490 e. The van der Waals surface area contributed by atoms with Gasteiger partial charge < -0.3 is 18.9 Å². The molecule has 0 saturated carbocycles. The summed E-state index contributed by atoms with van der Waals surface area (Å²) < 4.78 is 21.2. The van der Waals surface area contributed by atoms with Crippen LogP contribution < -0.4 is 9.47 Å². The lowest BCUT2D eigenvalue weighted by atomic mass is 10.0. The number of nitrogens with zero attached hydrogens (tertiary/aromatic N) is 2. The highest BCUT2D eigenvalue weighted by Crippen LogP contribution is 2.24. The van der Waals surface area contributed by atoms with E-state index in [9.17, 15) is 38.4 Å². The zero-order valence-corrected chi connectivity index (χ0v) is 46.8. The number of esters is 2. The van der Waals surface area contributed by atoms with Gasteiger partial charge in [-0.2, -0.15) is 24.4 Å². The zero-order valence-electron chi connectivity index (χ0n) is 45.1. The van der Waals surface area contributed by atoms with Crippen molar-refractivity contribution in [3.63, 3.8) is 0 Å². The van der Waals surface area contributed by atoms with Gasteiger partial charge in [-0.05, 0) is 78.5 Å². The summed E-state index contributed by atoms with van der Waals surface area (Å²) in [6, 6.07) is 26.4. The maximum absolute atomic E-state index is 12.4. The number of benzene rings is 4. The predicted molar refractivity (Wildman–Crippen MR) is 295 cm³/mol. The van der Waals surface area contributed by atoms with Crippen LogP contribution in [0.15, 0.2) is 97.1 Å². The molecule has 73 heavy (non-hydrogen) atoms. The number of imide groups is 2. The number of ether oxygens (including phenoxy) is 4. The van der Waals surface area contributed by atoms with Gasteiger partial charge in [0.2, 0.25) is 0 Å². The van der Waals surface area contributed by atoms with Gasteiger partial charge in [-0.3, -0.25) is 48.2 Å².